The zero-order chi connectivity index (χ0) is 18.4. The number of H-pyrrole nitrogens is 1. The van der Waals surface area contributed by atoms with Crippen molar-refractivity contribution in [1.82, 2.24) is 20.1 Å². The van der Waals surface area contributed by atoms with Crippen LogP contribution in [0.5, 0.6) is 0 Å². The van der Waals surface area contributed by atoms with E-state index >= 15 is 0 Å². The number of rotatable bonds is 7. The Kier molecular flexibility index (Phi) is 5.76. The van der Waals surface area contributed by atoms with E-state index in [1.54, 1.807) is 0 Å². The van der Waals surface area contributed by atoms with Crippen molar-refractivity contribution in [3.05, 3.63) is 70.5 Å². The van der Waals surface area contributed by atoms with Gasteiger partial charge in [0.05, 0.1) is 0 Å². The first-order chi connectivity index (χ1) is 12.7. The molecule has 1 heterocycles. The Balaban J connectivity index is 1.71. The van der Waals surface area contributed by atoms with Crippen LogP contribution in [0.1, 0.15) is 19.4 Å². The van der Waals surface area contributed by atoms with Crippen LogP contribution in [0.4, 0.5) is 11.6 Å². The molecule has 0 saturated carbocycles. The van der Waals surface area contributed by atoms with E-state index in [1.807, 2.05) is 42.5 Å². The van der Waals surface area contributed by atoms with Crippen LogP contribution in [0.25, 0.3) is 11.3 Å². The van der Waals surface area contributed by atoms with Gasteiger partial charge in [0.25, 0.3) is 5.56 Å². The molecule has 0 atom stereocenters. The maximum atomic E-state index is 12.3. The van der Waals surface area contributed by atoms with Gasteiger partial charge in [-0.2, -0.15) is 0 Å². The first-order valence-corrected chi connectivity index (χ1v) is 8.80. The highest BCUT2D eigenvalue weighted by Crippen LogP contribution is 2.15. The summed E-state index contributed by atoms with van der Waals surface area (Å²) in [6.07, 6.45) is 0. The van der Waals surface area contributed by atoms with Crippen LogP contribution in [0.3, 0.4) is 0 Å². The lowest BCUT2D eigenvalue weighted by Crippen LogP contribution is -2.22. The van der Waals surface area contributed by atoms with Gasteiger partial charge in [-0.3, -0.25) is 14.7 Å². The van der Waals surface area contributed by atoms with Crippen LogP contribution >= 0.6 is 0 Å². The molecule has 0 saturated heterocycles. The molecule has 0 bridgehead atoms. The molecular formula is C20H23N5O. The molecule has 134 valence electrons. The fourth-order valence-electron chi connectivity index (χ4n) is 2.71. The minimum atomic E-state index is -0.271. The molecule has 2 N–H and O–H groups in total. The number of hydrogen-bond donors (Lipinski definition) is 2. The molecule has 2 aromatic carbocycles. The third-order valence-corrected chi connectivity index (χ3v) is 4.26. The molecule has 3 rings (SSSR count). The maximum absolute atomic E-state index is 12.3. The quantitative estimate of drug-likeness (QED) is 0.684. The Bertz CT molecular complexity index is 886. The Hall–Kier alpha value is -2.99. The van der Waals surface area contributed by atoms with Gasteiger partial charge in [0.2, 0.25) is 5.95 Å². The van der Waals surface area contributed by atoms with Gasteiger partial charge in [-0.25, -0.2) is 0 Å². The zero-order valence-corrected chi connectivity index (χ0v) is 15.1. The van der Waals surface area contributed by atoms with Crippen LogP contribution in [-0.2, 0) is 6.54 Å². The molecule has 6 nitrogen and oxygen atoms in total. The van der Waals surface area contributed by atoms with Crippen molar-refractivity contribution in [3.63, 3.8) is 0 Å². The number of nitrogens with one attached hydrogen (secondary N) is 2. The minimum Gasteiger partial charge on any atom is -0.324 e. The predicted octanol–water partition coefficient (Wildman–Crippen LogP) is 3.42. The highest BCUT2D eigenvalue weighted by atomic mass is 16.1. The molecule has 0 aliphatic carbocycles. The summed E-state index contributed by atoms with van der Waals surface area (Å²) in [4.78, 5) is 17.4. The Labute approximate surface area is 152 Å². The average molecular weight is 349 g/mol. The summed E-state index contributed by atoms with van der Waals surface area (Å²) in [5, 5.41) is 11.2. The van der Waals surface area contributed by atoms with Crippen molar-refractivity contribution >= 4 is 11.6 Å². The molecule has 26 heavy (non-hydrogen) atoms. The highest BCUT2D eigenvalue weighted by Gasteiger charge is 2.07. The molecule has 0 spiro atoms. The minimum absolute atomic E-state index is 0.271. The Morgan fingerprint density at radius 3 is 2.27 bits per heavy atom. The second-order valence-corrected chi connectivity index (χ2v) is 6.00. The molecule has 0 fully saturated rings. The molecule has 3 aromatic rings. The van der Waals surface area contributed by atoms with Crippen molar-refractivity contribution in [1.29, 1.82) is 0 Å². The second kappa shape index (κ2) is 8.40. The number of nitrogens with zero attached hydrogens (tertiary/aromatic N) is 3. The lowest BCUT2D eigenvalue weighted by molar-refractivity contribution is 0.296. The fraction of sp³-hybridized carbons (Fsp3) is 0.250. The Morgan fingerprint density at radius 2 is 1.65 bits per heavy atom. The second-order valence-electron chi connectivity index (χ2n) is 6.00. The summed E-state index contributed by atoms with van der Waals surface area (Å²) in [6, 6.07) is 17.4. The lowest BCUT2D eigenvalue weighted by Gasteiger charge is -2.18. The van der Waals surface area contributed by atoms with Crippen LogP contribution in [0.15, 0.2) is 59.4 Å². The van der Waals surface area contributed by atoms with Gasteiger partial charge in [0, 0.05) is 17.8 Å². The normalized spacial score (nSPS) is 10.9. The first kappa shape index (κ1) is 17.8. The summed E-state index contributed by atoms with van der Waals surface area (Å²) in [6.45, 7) is 7.30. The van der Waals surface area contributed by atoms with E-state index in [4.69, 9.17) is 0 Å². The van der Waals surface area contributed by atoms with Gasteiger partial charge in [-0.05, 0) is 30.8 Å². The number of anilines is 2. The number of benzene rings is 2. The number of aromatic nitrogens is 3. The van der Waals surface area contributed by atoms with E-state index < -0.39 is 0 Å². The summed E-state index contributed by atoms with van der Waals surface area (Å²) >= 11 is 0. The van der Waals surface area contributed by atoms with Crippen molar-refractivity contribution in [2.45, 2.75) is 20.4 Å². The van der Waals surface area contributed by atoms with Crippen LogP contribution < -0.4 is 10.9 Å². The summed E-state index contributed by atoms with van der Waals surface area (Å²) in [7, 11) is 0. The van der Waals surface area contributed by atoms with Crippen LogP contribution in [0.2, 0.25) is 0 Å². The molecule has 6 heteroatoms. The van der Waals surface area contributed by atoms with Gasteiger partial charge in [0.1, 0.15) is 0 Å². The molecule has 0 aliphatic heterocycles. The van der Waals surface area contributed by atoms with Gasteiger partial charge in [0.15, 0.2) is 5.69 Å². The summed E-state index contributed by atoms with van der Waals surface area (Å²) < 4.78 is 0. The van der Waals surface area contributed by atoms with E-state index in [1.165, 1.54) is 5.56 Å². The molecule has 1 aromatic heterocycles. The molecule has 0 amide bonds. The van der Waals surface area contributed by atoms with Crippen molar-refractivity contribution in [3.8, 4) is 11.3 Å². The van der Waals surface area contributed by atoms with E-state index in [0.29, 0.717) is 11.6 Å². The van der Waals surface area contributed by atoms with E-state index in [-0.39, 0.29) is 5.56 Å². The summed E-state index contributed by atoms with van der Waals surface area (Å²) in [5.41, 5.74) is 2.88. The van der Waals surface area contributed by atoms with Gasteiger partial charge < -0.3 is 5.32 Å². The monoisotopic (exact) mass is 349 g/mol. The van der Waals surface area contributed by atoms with Gasteiger partial charge in [-0.1, -0.05) is 56.3 Å². The molecule has 0 aliphatic rings. The lowest BCUT2D eigenvalue weighted by atomic mass is 10.2. The van der Waals surface area contributed by atoms with Crippen LogP contribution in [0, 0.1) is 0 Å². The summed E-state index contributed by atoms with van der Waals surface area (Å²) in [5.74, 6) is 0.325. The SMILES string of the molecule is CCN(CC)Cc1ccc(Nc2nnc(-c3ccccc3)c(=O)[nH]2)cc1. The number of aromatic amines is 1. The Morgan fingerprint density at radius 1 is 0.962 bits per heavy atom. The fourth-order valence-corrected chi connectivity index (χ4v) is 2.71. The van der Waals surface area contributed by atoms with Crippen molar-refractivity contribution in [2.24, 2.45) is 0 Å². The highest BCUT2D eigenvalue weighted by molar-refractivity contribution is 5.58. The van der Waals surface area contributed by atoms with E-state index in [2.05, 4.69) is 51.4 Å². The molecule has 0 unspecified atom stereocenters. The average Bonchev–Trinajstić information content (AvgIpc) is 2.68. The van der Waals surface area contributed by atoms with Crippen LogP contribution in [-0.4, -0.2) is 33.2 Å². The standard InChI is InChI=1S/C20H23N5O/c1-3-25(4-2)14-15-10-12-17(13-11-15)21-20-22-19(26)18(23-24-20)16-8-6-5-7-9-16/h5-13H,3-4,14H2,1-2H3,(H2,21,22,24,26). The van der Waals surface area contributed by atoms with Crippen molar-refractivity contribution in [2.75, 3.05) is 18.4 Å². The first-order valence-electron chi connectivity index (χ1n) is 8.80. The molecule has 0 radical (unpaired) electrons. The van der Waals surface area contributed by atoms with E-state index in [0.717, 1.165) is 30.9 Å². The number of hydrogen-bond acceptors (Lipinski definition) is 5. The zero-order valence-electron chi connectivity index (χ0n) is 15.1. The van der Waals surface area contributed by atoms with Gasteiger partial charge in [-0.15, -0.1) is 10.2 Å². The topological polar surface area (TPSA) is 73.9 Å². The van der Waals surface area contributed by atoms with Gasteiger partial charge >= 0.3 is 0 Å². The smallest absolute Gasteiger partial charge is 0.279 e. The van der Waals surface area contributed by atoms with E-state index in [9.17, 15) is 4.79 Å². The van der Waals surface area contributed by atoms with Crippen molar-refractivity contribution < 1.29 is 0 Å². The predicted molar refractivity (Wildman–Crippen MR) is 104 cm³/mol. The largest absolute Gasteiger partial charge is 0.324 e. The third kappa shape index (κ3) is 4.34. The maximum Gasteiger partial charge on any atom is 0.279 e. The molecular weight excluding hydrogens is 326 g/mol. The third-order valence-electron chi connectivity index (χ3n) is 4.26.